The maximum absolute atomic E-state index is 13.4. The molecule has 1 N–H and O–H groups in total. The molecule has 0 fully saturated rings. The Bertz CT molecular complexity index is 469. The van der Waals surface area contributed by atoms with E-state index in [1.54, 1.807) is 0 Å². The van der Waals surface area contributed by atoms with Gasteiger partial charge in [0.2, 0.25) is 0 Å². The minimum Gasteiger partial charge on any atom is -0.481 e. The van der Waals surface area contributed by atoms with Gasteiger partial charge in [-0.2, -0.15) is 5.26 Å². The summed E-state index contributed by atoms with van der Waals surface area (Å²) in [5.41, 5.74) is 0.212. The van der Waals surface area contributed by atoms with Crippen molar-refractivity contribution in [3.05, 3.63) is 29.6 Å². The van der Waals surface area contributed by atoms with Crippen molar-refractivity contribution in [2.75, 3.05) is 6.61 Å². The zero-order valence-corrected chi connectivity index (χ0v) is 10.4. The van der Waals surface area contributed by atoms with E-state index in [2.05, 4.69) is 5.32 Å². The van der Waals surface area contributed by atoms with Crippen molar-refractivity contribution >= 4 is 5.91 Å². The van der Waals surface area contributed by atoms with E-state index in [1.165, 1.54) is 12.1 Å². The summed E-state index contributed by atoms with van der Waals surface area (Å²) in [6.45, 7) is 3.58. The maximum atomic E-state index is 13.4. The number of nitrogens with zero attached hydrogens (tertiary/aromatic N) is 1. The molecule has 1 unspecified atom stereocenters. The van der Waals surface area contributed by atoms with E-state index in [0.717, 1.165) is 12.5 Å². The minimum atomic E-state index is -0.648. The highest BCUT2D eigenvalue weighted by molar-refractivity contribution is 5.77. The van der Waals surface area contributed by atoms with Gasteiger partial charge >= 0.3 is 0 Å². The van der Waals surface area contributed by atoms with Crippen LogP contribution < -0.4 is 10.1 Å². The molecule has 1 aromatic carbocycles. The van der Waals surface area contributed by atoms with Crippen molar-refractivity contribution in [3.8, 4) is 11.8 Å². The van der Waals surface area contributed by atoms with Crippen LogP contribution >= 0.6 is 0 Å². The predicted octanol–water partition coefficient (Wildman–Crippen LogP) is 1.99. The number of rotatable bonds is 5. The van der Waals surface area contributed by atoms with Gasteiger partial charge in [0.05, 0.1) is 11.6 Å². The number of nitrogens with one attached hydrogen (secondary N) is 1. The fraction of sp³-hybridized carbons (Fsp3) is 0.385. The number of nitriles is 1. The third-order valence-electron chi connectivity index (χ3n) is 2.44. The van der Waals surface area contributed by atoms with Crippen LogP contribution in [0.3, 0.4) is 0 Å². The Hall–Kier alpha value is -2.09. The minimum absolute atomic E-state index is 0.0340. The molecule has 0 bridgehead atoms. The van der Waals surface area contributed by atoms with Crippen molar-refractivity contribution in [2.45, 2.75) is 26.3 Å². The lowest BCUT2D eigenvalue weighted by Gasteiger charge is -2.12. The fourth-order valence-corrected chi connectivity index (χ4v) is 1.25. The summed E-state index contributed by atoms with van der Waals surface area (Å²) >= 11 is 0. The molecule has 1 rings (SSSR count). The van der Waals surface area contributed by atoms with Gasteiger partial charge in [-0.1, -0.05) is 6.92 Å². The molecule has 0 aliphatic carbocycles. The Morgan fingerprint density at radius 3 is 2.89 bits per heavy atom. The summed E-state index contributed by atoms with van der Waals surface area (Å²) < 4.78 is 18.5. The number of amides is 1. The number of carbonyl (C=O) groups excluding carboxylic acids is 1. The molecule has 1 aromatic rings. The van der Waals surface area contributed by atoms with E-state index < -0.39 is 5.82 Å². The van der Waals surface area contributed by atoms with Crippen LogP contribution in [0.5, 0.6) is 5.75 Å². The van der Waals surface area contributed by atoms with Crippen LogP contribution in [0.4, 0.5) is 4.39 Å². The number of hydrogen-bond donors (Lipinski definition) is 1. The molecule has 0 aliphatic rings. The van der Waals surface area contributed by atoms with Crippen LogP contribution in [-0.4, -0.2) is 18.6 Å². The fourth-order valence-electron chi connectivity index (χ4n) is 1.25. The van der Waals surface area contributed by atoms with Gasteiger partial charge in [-0.05, 0) is 31.5 Å². The van der Waals surface area contributed by atoms with Crippen molar-refractivity contribution in [2.24, 2.45) is 0 Å². The van der Waals surface area contributed by atoms with Gasteiger partial charge in [0.1, 0.15) is 0 Å². The lowest BCUT2D eigenvalue weighted by molar-refractivity contribution is -0.123. The van der Waals surface area contributed by atoms with Gasteiger partial charge in [-0.15, -0.1) is 0 Å². The number of hydrogen-bond acceptors (Lipinski definition) is 3. The molecular weight excluding hydrogens is 235 g/mol. The quantitative estimate of drug-likeness (QED) is 0.869. The largest absolute Gasteiger partial charge is 0.481 e. The van der Waals surface area contributed by atoms with Crippen molar-refractivity contribution in [1.29, 1.82) is 5.26 Å². The molecular formula is C13H15FN2O2. The summed E-state index contributed by atoms with van der Waals surface area (Å²) in [4.78, 5) is 11.4. The second-order valence-corrected chi connectivity index (χ2v) is 3.92. The van der Waals surface area contributed by atoms with Crippen molar-refractivity contribution in [3.63, 3.8) is 0 Å². The van der Waals surface area contributed by atoms with E-state index in [9.17, 15) is 9.18 Å². The topological polar surface area (TPSA) is 62.1 Å². The van der Waals surface area contributed by atoms with Crippen LogP contribution in [-0.2, 0) is 4.79 Å². The molecule has 0 saturated heterocycles. The second kappa shape index (κ2) is 6.60. The lowest BCUT2D eigenvalue weighted by atomic mass is 10.2. The Kier molecular flexibility index (Phi) is 5.12. The summed E-state index contributed by atoms with van der Waals surface area (Å²) in [6, 6.07) is 5.73. The highest BCUT2D eigenvalue weighted by Gasteiger charge is 2.09. The first kappa shape index (κ1) is 14.0. The normalized spacial score (nSPS) is 11.4. The zero-order valence-electron chi connectivity index (χ0n) is 10.4. The predicted molar refractivity (Wildman–Crippen MR) is 64.5 cm³/mol. The van der Waals surface area contributed by atoms with Crippen LogP contribution in [0.2, 0.25) is 0 Å². The third kappa shape index (κ3) is 4.06. The molecule has 0 aromatic heterocycles. The monoisotopic (exact) mass is 250 g/mol. The Balaban J connectivity index is 2.54. The molecule has 1 atom stereocenters. The summed E-state index contributed by atoms with van der Waals surface area (Å²) in [7, 11) is 0. The first-order valence-electron chi connectivity index (χ1n) is 5.68. The molecule has 0 aliphatic heterocycles. The summed E-state index contributed by atoms with van der Waals surface area (Å²) in [5.74, 6) is -0.980. The average Bonchev–Trinajstić information content (AvgIpc) is 2.36. The Labute approximate surface area is 105 Å². The van der Waals surface area contributed by atoms with E-state index in [4.69, 9.17) is 10.00 Å². The number of benzene rings is 1. The molecule has 0 saturated carbocycles. The van der Waals surface area contributed by atoms with Crippen LogP contribution in [0.25, 0.3) is 0 Å². The van der Waals surface area contributed by atoms with Gasteiger partial charge in [-0.25, -0.2) is 4.39 Å². The first-order valence-corrected chi connectivity index (χ1v) is 5.68. The first-order chi connectivity index (χ1) is 8.56. The number of halogens is 1. The maximum Gasteiger partial charge on any atom is 0.258 e. The van der Waals surface area contributed by atoms with Gasteiger partial charge < -0.3 is 10.1 Å². The van der Waals surface area contributed by atoms with Crippen LogP contribution in [0, 0.1) is 17.1 Å². The third-order valence-corrected chi connectivity index (χ3v) is 2.44. The highest BCUT2D eigenvalue weighted by atomic mass is 19.1. The zero-order chi connectivity index (χ0) is 13.5. The number of carbonyl (C=O) groups is 1. The van der Waals surface area contributed by atoms with Gasteiger partial charge in [0.25, 0.3) is 5.91 Å². The molecule has 0 radical (unpaired) electrons. The van der Waals surface area contributed by atoms with E-state index in [-0.39, 0.29) is 29.9 Å². The van der Waals surface area contributed by atoms with E-state index in [1.807, 2.05) is 19.9 Å². The molecule has 1 amide bonds. The summed E-state index contributed by atoms with van der Waals surface area (Å²) in [5, 5.41) is 11.3. The lowest BCUT2D eigenvalue weighted by Crippen LogP contribution is -2.35. The standard InChI is InChI=1S/C13H15FN2O2/c1-3-9(2)16-13(17)8-18-12-5-4-10(7-15)6-11(12)14/h4-6,9H,3,8H2,1-2H3,(H,16,17). The van der Waals surface area contributed by atoms with E-state index in [0.29, 0.717) is 0 Å². The van der Waals surface area contributed by atoms with Crippen molar-refractivity contribution < 1.29 is 13.9 Å². The summed E-state index contributed by atoms with van der Waals surface area (Å²) in [6.07, 6.45) is 0.816. The second-order valence-electron chi connectivity index (χ2n) is 3.92. The molecule has 0 heterocycles. The number of ether oxygens (including phenoxy) is 1. The SMILES string of the molecule is CCC(C)NC(=O)COc1ccc(C#N)cc1F. The average molecular weight is 250 g/mol. The molecule has 18 heavy (non-hydrogen) atoms. The highest BCUT2D eigenvalue weighted by Crippen LogP contribution is 2.17. The van der Waals surface area contributed by atoms with Crippen LogP contribution in [0.15, 0.2) is 18.2 Å². The Morgan fingerprint density at radius 2 is 2.33 bits per heavy atom. The molecule has 4 nitrogen and oxygen atoms in total. The Morgan fingerprint density at radius 1 is 1.61 bits per heavy atom. The molecule has 0 spiro atoms. The van der Waals surface area contributed by atoms with Gasteiger partial charge in [0, 0.05) is 6.04 Å². The molecule has 96 valence electrons. The van der Waals surface area contributed by atoms with Crippen LogP contribution in [0.1, 0.15) is 25.8 Å². The van der Waals surface area contributed by atoms with Crippen molar-refractivity contribution in [1.82, 2.24) is 5.32 Å². The smallest absolute Gasteiger partial charge is 0.258 e. The van der Waals surface area contributed by atoms with Gasteiger partial charge in [-0.3, -0.25) is 4.79 Å². The van der Waals surface area contributed by atoms with Gasteiger partial charge in [0.15, 0.2) is 18.2 Å². The molecule has 5 heteroatoms. The van der Waals surface area contributed by atoms with E-state index >= 15 is 0 Å².